The van der Waals surface area contributed by atoms with Gasteiger partial charge in [0, 0.05) is 18.2 Å². The zero-order valence-electron chi connectivity index (χ0n) is 14.9. The predicted molar refractivity (Wildman–Crippen MR) is 96.7 cm³/mol. The highest BCUT2D eigenvalue weighted by Crippen LogP contribution is 2.25. The monoisotopic (exact) mass is 348 g/mol. The average Bonchev–Trinajstić information content (AvgIpc) is 2.65. The molecule has 1 saturated carbocycles. The minimum atomic E-state index is -0.488. The SMILES string of the molecule is CC[C@@H](COC(=O)c1ccc([N+](=O)[O-])cc1)NCCC1CCCCC1. The molecule has 1 aromatic rings. The molecule has 25 heavy (non-hydrogen) atoms. The second-order valence-electron chi connectivity index (χ2n) is 6.75. The number of non-ortho nitro benzene ring substituents is 1. The molecular formula is C19H28N2O4. The van der Waals surface area contributed by atoms with E-state index in [-0.39, 0.29) is 11.7 Å². The van der Waals surface area contributed by atoms with E-state index in [9.17, 15) is 14.9 Å². The van der Waals surface area contributed by atoms with E-state index in [1.165, 1.54) is 62.8 Å². The highest BCUT2D eigenvalue weighted by atomic mass is 16.6. The van der Waals surface area contributed by atoms with Crippen LogP contribution >= 0.6 is 0 Å². The molecular weight excluding hydrogens is 320 g/mol. The molecule has 0 aliphatic heterocycles. The van der Waals surface area contributed by atoms with Crippen LogP contribution in [0.5, 0.6) is 0 Å². The Balaban J connectivity index is 1.71. The Hall–Kier alpha value is -1.95. The van der Waals surface area contributed by atoms with Gasteiger partial charge in [-0.1, -0.05) is 39.0 Å². The third-order valence-electron chi connectivity index (χ3n) is 4.93. The van der Waals surface area contributed by atoms with Crippen LogP contribution in [0.4, 0.5) is 5.69 Å². The first-order valence-corrected chi connectivity index (χ1v) is 9.25. The maximum absolute atomic E-state index is 12.0. The molecule has 1 atom stereocenters. The number of nitro benzene ring substituents is 1. The summed E-state index contributed by atoms with van der Waals surface area (Å²) >= 11 is 0. The van der Waals surface area contributed by atoms with Crippen molar-refractivity contribution in [3.63, 3.8) is 0 Å². The first-order valence-electron chi connectivity index (χ1n) is 9.25. The van der Waals surface area contributed by atoms with E-state index in [2.05, 4.69) is 12.2 Å². The molecule has 6 nitrogen and oxygen atoms in total. The minimum Gasteiger partial charge on any atom is -0.460 e. The number of hydrogen-bond donors (Lipinski definition) is 1. The van der Waals surface area contributed by atoms with Gasteiger partial charge in [-0.2, -0.15) is 0 Å². The minimum absolute atomic E-state index is 0.0348. The molecule has 2 rings (SSSR count). The lowest BCUT2D eigenvalue weighted by Crippen LogP contribution is -2.35. The Morgan fingerprint density at radius 3 is 2.56 bits per heavy atom. The molecule has 0 bridgehead atoms. The Bertz CT molecular complexity index is 553. The van der Waals surface area contributed by atoms with Crippen LogP contribution in [0.1, 0.15) is 62.2 Å². The molecule has 0 saturated heterocycles. The summed E-state index contributed by atoms with van der Waals surface area (Å²) in [5.74, 6) is 0.392. The lowest BCUT2D eigenvalue weighted by atomic mass is 9.87. The van der Waals surface area contributed by atoms with Gasteiger partial charge < -0.3 is 10.1 Å². The molecule has 0 heterocycles. The molecule has 0 amide bonds. The zero-order valence-corrected chi connectivity index (χ0v) is 14.9. The summed E-state index contributed by atoms with van der Waals surface area (Å²) in [7, 11) is 0. The quantitative estimate of drug-likeness (QED) is 0.413. The highest BCUT2D eigenvalue weighted by Gasteiger charge is 2.16. The highest BCUT2D eigenvalue weighted by molar-refractivity contribution is 5.89. The summed E-state index contributed by atoms with van der Waals surface area (Å²) in [6.07, 6.45) is 8.84. The van der Waals surface area contributed by atoms with Crippen LogP contribution in [-0.2, 0) is 4.74 Å². The van der Waals surface area contributed by atoms with Crippen LogP contribution in [0.25, 0.3) is 0 Å². The number of hydrogen-bond acceptors (Lipinski definition) is 5. The molecule has 1 aliphatic rings. The van der Waals surface area contributed by atoms with Crippen LogP contribution in [0, 0.1) is 16.0 Å². The lowest BCUT2D eigenvalue weighted by Gasteiger charge is -2.23. The predicted octanol–water partition coefficient (Wildman–Crippen LogP) is 4.09. The standard InChI is InChI=1S/C19H28N2O4/c1-2-17(20-13-12-15-6-4-3-5-7-15)14-25-19(22)16-8-10-18(11-9-16)21(23)24/h8-11,15,17,20H,2-7,12-14H2,1H3/t17-/m0/s1. The van der Waals surface area contributed by atoms with Crippen LogP contribution in [-0.4, -0.2) is 30.1 Å². The number of esters is 1. The topological polar surface area (TPSA) is 81.5 Å². The Kier molecular flexibility index (Phi) is 7.85. The first-order chi connectivity index (χ1) is 12.1. The van der Waals surface area contributed by atoms with Gasteiger partial charge in [-0.25, -0.2) is 4.79 Å². The molecule has 0 unspecified atom stereocenters. The first kappa shape index (κ1) is 19.4. The number of carbonyl (C=O) groups is 1. The Morgan fingerprint density at radius 2 is 1.96 bits per heavy atom. The van der Waals surface area contributed by atoms with E-state index in [4.69, 9.17) is 4.74 Å². The third-order valence-corrected chi connectivity index (χ3v) is 4.93. The second-order valence-corrected chi connectivity index (χ2v) is 6.75. The summed E-state index contributed by atoms with van der Waals surface area (Å²) in [5.41, 5.74) is 0.301. The number of ether oxygens (including phenoxy) is 1. The van der Waals surface area contributed by atoms with Gasteiger partial charge in [0.05, 0.1) is 10.5 Å². The van der Waals surface area contributed by atoms with Gasteiger partial charge in [-0.3, -0.25) is 10.1 Å². The zero-order chi connectivity index (χ0) is 18.1. The van der Waals surface area contributed by atoms with Crippen molar-refractivity contribution < 1.29 is 14.5 Å². The molecule has 1 N–H and O–H groups in total. The molecule has 0 radical (unpaired) electrons. The van der Waals surface area contributed by atoms with Crippen LogP contribution < -0.4 is 5.32 Å². The molecule has 0 aromatic heterocycles. The van der Waals surface area contributed by atoms with Crippen molar-refractivity contribution >= 4 is 11.7 Å². The van der Waals surface area contributed by atoms with Crippen LogP contribution in [0.2, 0.25) is 0 Å². The maximum atomic E-state index is 12.0. The van der Waals surface area contributed by atoms with E-state index < -0.39 is 10.9 Å². The molecule has 138 valence electrons. The van der Waals surface area contributed by atoms with E-state index in [0.29, 0.717) is 12.2 Å². The maximum Gasteiger partial charge on any atom is 0.338 e. The van der Waals surface area contributed by atoms with Gasteiger partial charge in [0.2, 0.25) is 0 Å². The summed E-state index contributed by atoms with van der Waals surface area (Å²) in [5, 5.41) is 14.1. The van der Waals surface area contributed by atoms with Crippen LogP contribution in [0.3, 0.4) is 0 Å². The number of benzene rings is 1. The molecule has 1 aliphatic carbocycles. The van der Waals surface area contributed by atoms with Crippen LogP contribution in [0.15, 0.2) is 24.3 Å². The van der Waals surface area contributed by atoms with Crippen molar-refractivity contribution in [3.8, 4) is 0 Å². The number of nitrogens with one attached hydrogen (secondary N) is 1. The number of nitrogens with zero attached hydrogens (tertiary/aromatic N) is 1. The number of nitro groups is 1. The summed E-state index contributed by atoms with van der Waals surface area (Å²) in [4.78, 5) is 22.2. The van der Waals surface area contributed by atoms with Gasteiger partial charge in [0.15, 0.2) is 0 Å². The molecule has 1 aromatic carbocycles. The van der Waals surface area contributed by atoms with Gasteiger partial charge in [-0.05, 0) is 37.4 Å². The van der Waals surface area contributed by atoms with Gasteiger partial charge in [-0.15, -0.1) is 0 Å². The van der Waals surface area contributed by atoms with Crippen molar-refractivity contribution in [2.24, 2.45) is 5.92 Å². The smallest absolute Gasteiger partial charge is 0.338 e. The Morgan fingerprint density at radius 1 is 1.28 bits per heavy atom. The largest absolute Gasteiger partial charge is 0.460 e. The molecule has 0 spiro atoms. The van der Waals surface area contributed by atoms with Crippen molar-refractivity contribution in [2.45, 2.75) is 57.9 Å². The fourth-order valence-corrected chi connectivity index (χ4v) is 3.27. The fourth-order valence-electron chi connectivity index (χ4n) is 3.27. The second kappa shape index (κ2) is 10.1. The van der Waals surface area contributed by atoms with Gasteiger partial charge in [0.25, 0.3) is 5.69 Å². The summed E-state index contributed by atoms with van der Waals surface area (Å²) in [6.45, 7) is 3.34. The summed E-state index contributed by atoms with van der Waals surface area (Å²) in [6, 6.07) is 5.63. The van der Waals surface area contributed by atoms with Gasteiger partial charge >= 0.3 is 5.97 Å². The van der Waals surface area contributed by atoms with E-state index >= 15 is 0 Å². The summed E-state index contributed by atoms with van der Waals surface area (Å²) < 4.78 is 5.35. The number of carbonyl (C=O) groups excluding carboxylic acids is 1. The van der Waals surface area contributed by atoms with Crippen molar-refractivity contribution in [3.05, 3.63) is 39.9 Å². The van der Waals surface area contributed by atoms with E-state index in [0.717, 1.165) is 18.9 Å². The lowest BCUT2D eigenvalue weighted by molar-refractivity contribution is -0.384. The van der Waals surface area contributed by atoms with E-state index in [1.54, 1.807) is 0 Å². The molecule has 1 fully saturated rings. The van der Waals surface area contributed by atoms with Gasteiger partial charge in [0.1, 0.15) is 6.61 Å². The van der Waals surface area contributed by atoms with Crippen molar-refractivity contribution in [1.29, 1.82) is 0 Å². The van der Waals surface area contributed by atoms with Crippen molar-refractivity contribution in [1.82, 2.24) is 5.32 Å². The normalized spacial score (nSPS) is 16.4. The fraction of sp³-hybridized carbons (Fsp3) is 0.632. The van der Waals surface area contributed by atoms with E-state index in [1.807, 2.05) is 0 Å². The molecule has 6 heteroatoms. The van der Waals surface area contributed by atoms with Crippen molar-refractivity contribution in [2.75, 3.05) is 13.2 Å². The Labute approximate surface area is 149 Å². The number of rotatable bonds is 9. The average molecular weight is 348 g/mol. The third kappa shape index (κ3) is 6.46.